The molecule has 1 aliphatic heterocycles. The molecule has 0 aliphatic carbocycles. The van der Waals surface area contributed by atoms with E-state index in [1.54, 1.807) is 16.8 Å². The molecule has 2 aromatic rings. The molecule has 0 bridgehead atoms. The molecule has 0 saturated carbocycles. The van der Waals surface area contributed by atoms with Crippen LogP contribution in [0.3, 0.4) is 0 Å². The normalized spacial score (nSPS) is 15.1. The number of carbonyl (C=O) groups is 1. The lowest BCUT2D eigenvalue weighted by Gasteiger charge is -2.27. The summed E-state index contributed by atoms with van der Waals surface area (Å²) in [5.74, 6) is -0.269. The first-order valence-corrected chi connectivity index (χ1v) is 8.57. The monoisotopic (exact) mass is 341 g/mol. The van der Waals surface area contributed by atoms with Crippen LogP contribution in [-0.2, 0) is 17.8 Å². The predicted molar refractivity (Wildman–Crippen MR) is 96.9 cm³/mol. The molecular formula is C19H23N3O3. The lowest BCUT2D eigenvalue weighted by atomic mass is 10.1. The number of aromatic nitrogens is 1. The van der Waals surface area contributed by atoms with Crippen LogP contribution >= 0.6 is 0 Å². The van der Waals surface area contributed by atoms with Crippen molar-refractivity contribution in [3.05, 3.63) is 64.1 Å². The van der Waals surface area contributed by atoms with Gasteiger partial charge in [-0.15, -0.1) is 0 Å². The van der Waals surface area contributed by atoms with Crippen LogP contribution < -0.4 is 10.9 Å². The molecule has 6 nitrogen and oxygen atoms in total. The predicted octanol–water partition coefficient (Wildman–Crippen LogP) is 1.95. The maximum absolute atomic E-state index is 12.5. The summed E-state index contributed by atoms with van der Waals surface area (Å²) in [5.41, 5.74) is 2.03. The SMILES string of the molecule is CCn1ccc(C(=O)Nc2ccccc2CN2CCOCC2)cc1=O. The Morgan fingerprint density at radius 3 is 2.68 bits per heavy atom. The summed E-state index contributed by atoms with van der Waals surface area (Å²) in [6.45, 7) is 6.49. The summed E-state index contributed by atoms with van der Waals surface area (Å²) in [7, 11) is 0. The Morgan fingerprint density at radius 1 is 1.20 bits per heavy atom. The Labute approximate surface area is 147 Å². The fraction of sp³-hybridized carbons (Fsp3) is 0.368. The van der Waals surface area contributed by atoms with Crippen molar-refractivity contribution < 1.29 is 9.53 Å². The molecule has 0 unspecified atom stereocenters. The zero-order valence-corrected chi connectivity index (χ0v) is 14.4. The Morgan fingerprint density at radius 2 is 1.96 bits per heavy atom. The summed E-state index contributed by atoms with van der Waals surface area (Å²) in [4.78, 5) is 26.7. The van der Waals surface area contributed by atoms with Gasteiger partial charge in [-0.25, -0.2) is 0 Å². The number of morpholine rings is 1. The second-order valence-electron chi connectivity index (χ2n) is 6.04. The van der Waals surface area contributed by atoms with Crippen LogP contribution in [0, 0.1) is 0 Å². The summed E-state index contributed by atoms with van der Waals surface area (Å²) < 4.78 is 6.94. The summed E-state index contributed by atoms with van der Waals surface area (Å²) >= 11 is 0. The molecule has 2 heterocycles. The minimum Gasteiger partial charge on any atom is -0.379 e. The van der Waals surface area contributed by atoms with E-state index in [-0.39, 0.29) is 11.5 Å². The largest absolute Gasteiger partial charge is 0.379 e. The molecule has 1 N–H and O–H groups in total. The van der Waals surface area contributed by atoms with Gasteiger partial charge >= 0.3 is 0 Å². The smallest absolute Gasteiger partial charge is 0.255 e. The average Bonchev–Trinajstić information content (AvgIpc) is 2.64. The quantitative estimate of drug-likeness (QED) is 0.903. The zero-order valence-electron chi connectivity index (χ0n) is 14.4. The van der Waals surface area contributed by atoms with Gasteiger partial charge in [-0.3, -0.25) is 14.5 Å². The van der Waals surface area contributed by atoms with Crippen molar-refractivity contribution in [3.63, 3.8) is 0 Å². The number of anilines is 1. The number of nitrogens with zero attached hydrogens (tertiary/aromatic N) is 2. The van der Waals surface area contributed by atoms with Gasteiger partial charge in [0.15, 0.2) is 0 Å². The first kappa shape index (κ1) is 17.4. The minimum atomic E-state index is -0.269. The first-order chi connectivity index (χ1) is 12.2. The molecule has 1 aliphatic rings. The van der Waals surface area contributed by atoms with Gasteiger partial charge in [-0.05, 0) is 24.6 Å². The molecule has 1 saturated heterocycles. The number of nitrogens with one attached hydrogen (secondary N) is 1. The maximum atomic E-state index is 12.5. The highest BCUT2D eigenvalue weighted by molar-refractivity contribution is 6.04. The van der Waals surface area contributed by atoms with Crippen molar-refractivity contribution in [2.45, 2.75) is 20.0 Å². The van der Waals surface area contributed by atoms with Crippen molar-refractivity contribution in [2.24, 2.45) is 0 Å². The Hall–Kier alpha value is -2.44. The van der Waals surface area contributed by atoms with Crippen molar-refractivity contribution in [1.29, 1.82) is 0 Å². The number of hydrogen-bond donors (Lipinski definition) is 1. The number of hydrogen-bond acceptors (Lipinski definition) is 4. The van der Waals surface area contributed by atoms with Crippen LogP contribution in [-0.4, -0.2) is 41.7 Å². The molecule has 1 amide bonds. The fourth-order valence-corrected chi connectivity index (χ4v) is 2.89. The van der Waals surface area contributed by atoms with Gasteiger partial charge in [-0.1, -0.05) is 18.2 Å². The van der Waals surface area contributed by atoms with E-state index >= 15 is 0 Å². The first-order valence-electron chi connectivity index (χ1n) is 8.57. The van der Waals surface area contributed by atoms with Gasteiger partial charge in [-0.2, -0.15) is 0 Å². The highest BCUT2D eigenvalue weighted by Crippen LogP contribution is 2.18. The molecule has 0 radical (unpaired) electrons. The number of pyridine rings is 1. The van der Waals surface area contributed by atoms with Gasteiger partial charge in [0.2, 0.25) is 0 Å². The molecule has 25 heavy (non-hydrogen) atoms. The standard InChI is InChI=1S/C19H23N3O3/c1-2-22-8-7-15(13-18(22)23)19(24)20-17-6-4-3-5-16(17)14-21-9-11-25-12-10-21/h3-8,13H,2,9-12,14H2,1H3,(H,20,24). The summed E-state index contributed by atoms with van der Waals surface area (Å²) in [5, 5.41) is 2.94. The Balaban J connectivity index is 1.74. The lowest BCUT2D eigenvalue weighted by Crippen LogP contribution is -2.35. The van der Waals surface area contributed by atoms with Crippen LogP contribution in [0.5, 0.6) is 0 Å². The van der Waals surface area contributed by atoms with E-state index in [0.29, 0.717) is 12.1 Å². The van der Waals surface area contributed by atoms with Gasteiger partial charge in [0.1, 0.15) is 0 Å². The third-order valence-electron chi connectivity index (χ3n) is 4.36. The van der Waals surface area contributed by atoms with Crippen molar-refractivity contribution in [2.75, 3.05) is 31.6 Å². The van der Waals surface area contributed by atoms with E-state index in [9.17, 15) is 9.59 Å². The van der Waals surface area contributed by atoms with E-state index in [4.69, 9.17) is 4.74 Å². The van der Waals surface area contributed by atoms with Gasteiger partial charge in [0.25, 0.3) is 11.5 Å². The molecule has 3 rings (SSSR count). The number of benzene rings is 1. The van der Waals surface area contributed by atoms with Crippen LogP contribution in [0.4, 0.5) is 5.69 Å². The number of ether oxygens (including phenoxy) is 1. The van der Waals surface area contributed by atoms with Crippen molar-refractivity contribution in [1.82, 2.24) is 9.47 Å². The molecule has 1 fully saturated rings. The van der Waals surface area contributed by atoms with E-state index < -0.39 is 0 Å². The topological polar surface area (TPSA) is 63.6 Å². The van der Waals surface area contributed by atoms with E-state index in [0.717, 1.165) is 44.1 Å². The third kappa shape index (κ3) is 4.35. The van der Waals surface area contributed by atoms with Crippen molar-refractivity contribution in [3.8, 4) is 0 Å². The van der Waals surface area contributed by atoms with Crippen LogP contribution in [0.1, 0.15) is 22.8 Å². The fourth-order valence-electron chi connectivity index (χ4n) is 2.89. The Kier molecular flexibility index (Phi) is 5.63. The molecule has 1 aromatic carbocycles. The third-order valence-corrected chi connectivity index (χ3v) is 4.36. The molecule has 132 valence electrons. The zero-order chi connectivity index (χ0) is 17.6. The molecule has 0 atom stereocenters. The van der Waals surface area contributed by atoms with Gasteiger partial charge < -0.3 is 14.6 Å². The van der Waals surface area contributed by atoms with Crippen molar-refractivity contribution >= 4 is 11.6 Å². The van der Waals surface area contributed by atoms with Crippen LogP contribution in [0.25, 0.3) is 0 Å². The van der Waals surface area contributed by atoms with Crippen LogP contribution in [0.2, 0.25) is 0 Å². The number of rotatable bonds is 5. The number of aryl methyl sites for hydroxylation is 1. The number of amides is 1. The van der Waals surface area contributed by atoms with Gasteiger partial charge in [0.05, 0.1) is 13.2 Å². The molecule has 1 aromatic heterocycles. The summed E-state index contributed by atoms with van der Waals surface area (Å²) in [6.07, 6.45) is 1.65. The Bertz CT molecular complexity index is 794. The summed E-state index contributed by atoms with van der Waals surface area (Å²) in [6, 6.07) is 10.8. The molecule has 6 heteroatoms. The van der Waals surface area contributed by atoms with E-state index in [2.05, 4.69) is 10.2 Å². The van der Waals surface area contributed by atoms with Gasteiger partial charge in [0, 0.05) is 49.7 Å². The number of carbonyl (C=O) groups excluding carboxylic acids is 1. The molecule has 0 spiro atoms. The lowest BCUT2D eigenvalue weighted by molar-refractivity contribution is 0.0342. The molecular weight excluding hydrogens is 318 g/mol. The highest BCUT2D eigenvalue weighted by atomic mass is 16.5. The number of para-hydroxylation sites is 1. The van der Waals surface area contributed by atoms with E-state index in [1.165, 1.54) is 6.07 Å². The second-order valence-corrected chi connectivity index (χ2v) is 6.04. The maximum Gasteiger partial charge on any atom is 0.255 e. The average molecular weight is 341 g/mol. The minimum absolute atomic E-state index is 0.170. The second kappa shape index (κ2) is 8.09. The highest BCUT2D eigenvalue weighted by Gasteiger charge is 2.14. The van der Waals surface area contributed by atoms with Crippen LogP contribution in [0.15, 0.2) is 47.4 Å². The van der Waals surface area contributed by atoms with E-state index in [1.807, 2.05) is 31.2 Å².